The molecule has 88 valence electrons. The first kappa shape index (κ1) is 12.1. The predicted molar refractivity (Wildman–Crippen MR) is 69.8 cm³/mol. The maximum absolute atomic E-state index is 12.1. The lowest BCUT2D eigenvalue weighted by Crippen LogP contribution is -2.52. The van der Waals surface area contributed by atoms with Crippen LogP contribution in [0.15, 0.2) is 15.9 Å². The van der Waals surface area contributed by atoms with Crippen molar-refractivity contribution in [2.24, 2.45) is 0 Å². The van der Waals surface area contributed by atoms with E-state index in [9.17, 15) is 4.79 Å². The van der Waals surface area contributed by atoms with Gasteiger partial charge in [-0.1, -0.05) is 0 Å². The van der Waals surface area contributed by atoms with Crippen LogP contribution in [-0.2, 0) is 11.2 Å². The molecule has 0 saturated carbocycles. The van der Waals surface area contributed by atoms with Gasteiger partial charge in [-0.2, -0.15) is 0 Å². The summed E-state index contributed by atoms with van der Waals surface area (Å²) in [5.74, 6) is 0.239. The van der Waals surface area contributed by atoms with Gasteiger partial charge in [-0.05, 0) is 35.0 Å². The van der Waals surface area contributed by atoms with Gasteiger partial charge in [0.05, 0.1) is 10.2 Å². The standard InChI is InChI=1S/C11H15BrN2OS/c1-8-7-13-4-5-14(8)11(15)6-9-2-3-10(12)16-9/h2-3,8,13H,4-7H2,1H3/t8-/m0/s1. The van der Waals surface area contributed by atoms with E-state index in [1.54, 1.807) is 11.3 Å². The summed E-state index contributed by atoms with van der Waals surface area (Å²) in [6.07, 6.45) is 0.528. The van der Waals surface area contributed by atoms with E-state index in [2.05, 4.69) is 28.2 Å². The Morgan fingerprint density at radius 3 is 3.12 bits per heavy atom. The molecule has 1 aromatic heterocycles. The predicted octanol–water partition coefficient (Wildman–Crippen LogP) is 1.87. The normalized spacial score (nSPS) is 21.1. The molecule has 2 heterocycles. The number of hydrogen-bond acceptors (Lipinski definition) is 3. The van der Waals surface area contributed by atoms with Crippen molar-refractivity contribution in [3.8, 4) is 0 Å². The maximum atomic E-state index is 12.1. The highest BCUT2D eigenvalue weighted by atomic mass is 79.9. The van der Waals surface area contributed by atoms with Crippen molar-refractivity contribution < 1.29 is 4.79 Å². The van der Waals surface area contributed by atoms with Gasteiger partial charge in [0.1, 0.15) is 0 Å². The number of nitrogens with one attached hydrogen (secondary N) is 1. The van der Waals surface area contributed by atoms with Crippen LogP contribution in [-0.4, -0.2) is 36.5 Å². The zero-order valence-electron chi connectivity index (χ0n) is 9.20. The third-order valence-corrected chi connectivity index (χ3v) is 4.40. The molecule has 0 spiro atoms. The summed E-state index contributed by atoms with van der Waals surface area (Å²) in [5, 5.41) is 3.29. The van der Waals surface area contributed by atoms with Crippen LogP contribution >= 0.6 is 27.3 Å². The lowest BCUT2D eigenvalue weighted by Gasteiger charge is -2.34. The zero-order valence-corrected chi connectivity index (χ0v) is 11.6. The van der Waals surface area contributed by atoms with Crippen molar-refractivity contribution in [1.82, 2.24) is 10.2 Å². The molecule has 0 aromatic carbocycles. The average molecular weight is 303 g/mol. The Morgan fingerprint density at radius 1 is 1.69 bits per heavy atom. The minimum Gasteiger partial charge on any atom is -0.337 e. The molecule has 1 aromatic rings. The van der Waals surface area contributed by atoms with Crippen molar-refractivity contribution in [3.05, 3.63) is 20.8 Å². The first-order chi connectivity index (χ1) is 7.66. The van der Waals surface area contributed by atoms with E-state index in [0.29, 0.717) is 12.5 Å². The molecule has 0 radical (unpaired) electrons. The highest BCUT2D eigenvalue weighted by Crippen LogP contribution is 2.23. The van der Waals surface area contributed by atoms with Crippen LogP contribution in [0.1, 0.15) is 11.8 Å². The first-order valence-corrected chi connectivity index (χ1v) is 7.02. The Morgan fingerprint density at radius 2 is 2.50 bits per heavy atom. The average Bonchev–Trinajstić information content (AvgIpc) is 2.64. The molecule has 16 heavy (non-hydrogen) atoms. The van der Waals surface area contributed by atoms with Gasteiger partial charge >= 0.3 is 0 Å². The van der Waals surface area contributed by atoms with Gasteiger partial charge in [-0.3, -0.25) is 4.79 Å². The largest absolute Gasteiger partial charge is 0.337 e. The second-order valence-corrected chi connectivity index (χ2v) is 6.57. The van der Waals surface area contributed by atoms with Crippen LogP contribution < -0.4 is 5.32 Å². The molecular weight excluding hydrogens is 288 g/mol. The van der Waals surface area contributed by atoms with Crippen molar-refractivity contribution in [3.63, 3.8) is 0 Å². The highest BCUT2D eigenvalue weighted by Gasteiger charge is 2.23. The van der Waals surface area contributed by atoms with Crippen molar-refractivity contribution in [2.45, 2.75) is 19.4 Å². The number of amides is 1. The highest BCUT2D eigenvalue weighted by molar-refractivity contribution is 9.11. The molecule has 1 atom stereocenters. The number of halogens is 1. The van der Waals surface area contributed by atoms with Gasteiger partial charge < -0.3 is 10.2 Å². The molecule has 2 rings (SSSR count). The summed E-state index contributed by atoms with van der Waals surface area (Å²) >= 11 is 5.05. The molecule has 0 aliphatic carbocycles. The second kappa shape index (κ2) is 5.29. The van der Waals surface area contributed by atoms with Gasteiger partial charge in [-0.15, -0.1) is 11.3 Å². The topological polar surface area (TPSA) is 32.3 Å². The summed E-state index contributed by atoms with van der Waals surface area (Å²) in [5.41, 5.74) is 0. The number of piperazine rings is 1. The Balaban J connectivity index is 1.96. The fraction of sp³-hybridized carbons (Fsp3) is 0.545. The lowest BCUT2D eigenvalue weighted by molar-refractivity contribution is -0.133. The molecule has 1 saturated heterocycles. The summed E-state index contributed by atoms with van der Waals surface area (Å²) in [7, 11) is 0. The van der Waals surface area contributed by atoms with E-state index in [1.165, 1.54) is 0 Å². The minimum absolute atomic E-state index is 0.239. The summed E-state index contributed by atoms with van der Waals surface area (Å²) in [6, 6.07) is 4.32. The summed E-state index contributed by atoms with van der Waals surface area (Å²) < 4.78 is 1.09. The Labute approximate surface area is 108 Å². The Hall–Kier alpha value is -0.390. The fourth-order valence-corrected chi connectivity index (χ4v) is 3.38. The molecule has 1 fully saturated rings. The molecule has 3 nitrogen and oxygen atoms in total. The first-order valence-electron chi connectivity index (χ1n) is 5.41. The summed E-state index contributed by atoms with van der Waals surface area (Å²) in [4.78, 5) is 15.2. The third kappa shape index (κ3) is 2.84. The van der Waals surface area contributed by atoms with Crippen LogP contribution in [0.2, 0.25) is 0 Å². The summed E-state index contributed by atoms with van der Waals surface area (Å²) in [6.45, 7) is 4.73. The number of carbonyl (C=O) groups excluding carboxylic acids is 1. The molecule has 0 bridgehead atoms. The number of nitrogens with zero attached hydrogens (tertiary/aromatic N) is 1. The zero-order chi connectivity index (χ0) is 11.5. The number of rotatable bonds is 2. The van der Waals surface area contributed by atoms with E-state index < -0.39 is 0 Å². The van der Waals surface area contributed by atoms with Crippen molar-refractivity contribution in [1.29, 1.82) is 0 Å². The quantitative estimate of drug-likeness (QED) is 0.905. The van der Waals surface area contributed by atoms with Crippen LogP contribution in [0.4, 0.5) is 0 Å². The molecule has 5 heteroatoms. The molecule has 1 amide bonds. The maximum Gasteiger partial charge on any atom is 0.228 e. The molecule has 1 N–H and O–H groups in total. The fourth-order valence-electron chi connectivity index (χ4n) is 1.91. The Kier molecular flexibility index (Phi) is 4.00. The monoisotopic (exact) mass is 302 g/mol. The van der Waals surface area contributed by atoms with Crippen molar-refractivity contribution >= 4 is 33.2 Å². The second-order valence-electron chi connectivity index (χ2n) is 4.02. The van der Waals surface area contributed by atoms with Crippen LogP contribution in [0.3, 0.4) is 0 Å². The van der Waals surface area contributed by atoms with Crippen LogP contribution in [0, 0.1) is 0 Å². The molecule has 1 aliphatic rings. The number of hydrogen-bond donors (Lipinski definition) is 1. The molecule has 0 unspecified atom stereocenters. The minimum atomic E-state index is 0.239. The SMILES string of the molecule is C[C@H]1CNCCN1C(=O)Cc1ccc(Br)s1. The van der Waals surface area contributed by atoms with E-state index in [4.69, 9.17) is 0 Å². The van der Waals surface area contributed by atoms with Gasteiger partial charge in [0, 0.05) is 30.6 Å². The van der Waals surface area contributed by atoms with E-state index in [1.807, 2.05) is 17.0 Å². The smallest absolute Gasteiger partial charge is 0.228 e. The third-order valence-electron chi connectivity index (χ3n) is 2.78. The number of carbonyl (C=O) groups is 1. The van der Waals surface area contributed by atoms with E-state index in [-0.39, 0.29) is 5.91 Å². The van der Waals surface area contributed by atoms with E-state index >= 15 is 0 Å². The van der Waals surface area contributed by atoms with Crippen molar-refractivity contribution in [2.75, 3.05) is 19.6 Å². The van der Waals surface area contributed by atoms with Gasteiger partial charge in [0.25, 0.3) is 0 Å². The Bertz CT molecular complexity index is 380. The lowest BCUT2D eigenvalue weighted by atomic mass is 10.2. The number of thiophene rings is 1. The van der Waals surface area contributed by atoms with E-state index in [0.717, 1.165) is 28.3 Å². The van der Waals surface area contributed by atoms with Gasteiger partial charge in [-0.25, -0.2) is 0 Å². The van der Waals surface area contributed by atoms with Crippen LogP contribution in [0.5, 0.6) is 0 Å². The van der Waals surface area contributed by atoms with Crippen LogP contribution in [0.25, 0.3) is 0 Å². The molecular formula is C11H15BrN2OS. The molecule has 1 aliphatic heterocycles. The van der Waals surface area contributed by atoms with Gasteiger partial charge in [0.15, 0.2) is 0 Å². The van der Waals surface area contributed by atoms with Gasteiger partial charge in [0.2, 0.25) is 5.91 Å².